The first-order chi connectivity index (χ1) is 6.15. The van der Waals surface area contributed by atoms with Gasteiger partial charge in [0.25, 0.3) is 5.91 Å². The molecule has 1 aromatic rings. The van der Waals surface area contributed by atoms with Crippen molar-refractivity contribution < 1.29 is 4.79 Å². The van der Waals surface area contributed by atoms with Crippen LogP contribution in [0.1, 0.15) is 29.4 Å². The molecule has 1 heterocycles. The van der Waals surface area contributed by atoms with Gasteiger partial charge in [0, 0.05) is 25.4 Å². The Balaban J connectivity index is 2.70. The first kappa shape index (κ1) is 9.77. The number of aryl methyl sites for hydroxylation is 2. The third kappa shape index (κ3) is 2.31. The summed E-state index contributed by atoms with van der Waals surface area (Å²) in [5.74, 6) is -0.0834. The van der Waals surface area contributed by atoms with E-state index in [0.717, 1.165) is 12.0 Å². The third-order valence-electron chi connectivity index (χ3n) is 1.76. The van der Waals surface area contributed by atoms with Gasteiger partial charge in [0.05, 0.1) is 0 Å². The first-order valence-electron chi connectivity index (χ1n) is 4.43. The lowest BCUT2D eigenvalue weighted by molar-refractivity contribution is 0.0947. The zero-order valence-electron chi connectivity index (χ0n) is 8.29. The summed E-state index contributed by atoms with van der Waals surface area (Å²) in [5.41, 5.74) is 1.44. The summed E-state index contributed by atoms with van der Waals surface area (Å²) in [6, 6.07) is 0. The van der Waals surface area contributed by atoms with Crippen molar-refractivity contribution in [2.45, 2.75) is 20.3 Å². The van der Waals surface area contributed by atoms with Gasteiger partial charge in [0.1, 0.15) is 0 Å². The molecule has 13 heavy (non-hydrogen) atoms. The van der Waals surface area contributed by atoms with Crippen molar-refractivity contribution in [3.8, 4) is 0 Å². The molecule has 0 aliphatic rings. The van der Waals surface area contributed by atoms with Crippen LogP contribution in [0.15, 0.2) is 6.20 Å². The van der Waals surface area contributed by atoms with Gasteiger partial charge in [-0.05, 0) is 13.3 Å². The molecular formula is C9H15N3O. The minimum Gasteiger partial charge on any atom is -0.351 e. The van der Waals surface area contributed by atoms with Crippen LogP contribution in [0.5, 0.6) is 0 Å². The molecule has 1 amide bonds. The van der Waals surface area contributed by atoms with Crippen LogP contribution in [0.3, 0.4) is 0 Å². The molecule has 0 atom stereocenters. The second-order valence-electron chi connectivity index (χ2n) is 3.09. The summed E-state index contributed by atoms with van der Waals surface area (Å²) in [7, 11) is 1.81. The quantitative estimate of drug-likeness (QED) is 0.752. The molecule has 0 aliphatic carbocycles. The number of amides is 1. The van der Waals surface area contributed by atoms with E-state index in [1.165, 1.54) is 0 Å². The van der Waals surface area contributed by atoms with E-state index < -0.39 is 0 Å². The zero-order chi connectivity index (χ0) is 9.84. The topological polar surface area (TPSA) is 46.9 Å². The van der Waals surface area contributed by atoms with Gasteiger partial charge in [-0.2, -0.15) is 5.10 Å². The Morgan fingerprint density at radius 2 is 2.38 bits per heavy atom. The van der Waals surface area contributed by atoms with Gasteiger partial charge in [-0.15, -0.1) is 0 Å². The van der Waals surface area contributed by atoms with E-state index in [1.807, 2.05) is 27.1 Å². The standard InChI is InChI=1S/C9H15N3O/c1-4-5-10-9(13)8-7(2)6-12(3)11-8/h6H,4-5H2,1-3H3,(H,10,13). The summed E-state index contributed by atoms with van der Waals surface area (Å²) in [5, 5.41) is 6.86. The molecule has 0 aromatic carbocycles. The molecule has 0 unspecified atom stereocenters. The van der Waals surface area contributed by atoms with Crippen LogP contribution in [-0.4, -0.2) is 22.2 Å². The molecule has 0 spiro atoms. The Kier molecular flexibility index (Phi) is 3.06. The maximum Gasteiger partial charge on any atom is 0.272 e. The molecule has 4 nitrogen and oxygen atoms in total. The predicted molar refractivity (Wildman–Crippen MR) is 50.6 cm³/mol. The minimum atomic E-state index is -0.0834. The highest BCUT2D eigenvalue weighted by Gasteiger charge is 2.11. The summed E-state index contributed by atoms with van der Waals surface area (Å²) < 4.78 is 1.65. The number of rotatable bonds is 3. The molecule has 0 fully saturated rings. The van der Waals surface area contributed by atoms with Crippen molar-refractivity contribution in [3.63, 3.8) is 0 Å². The minimum absolute atomic E-state index is 0.0834. The van der Waals surface area contributed by atoms with E-state index in [9.17, 15) is 4.79 Å². The summed E-state index contributed by atoms with van der Waals surface area (Å²) in [6.45, 7) is 4.61. The van der Waals surface area contributed by atoms with Crippen molar-refractivity contribution in [2.24, 2.45) is 7.05 Å². The van der Waals surface area contributed by atoms with Crippen LogP contribution in [-0.2, 0) is 7.05 Å². The molecule has 0 radical (unpaired) electrons. The highest BCUT2D eigenvalue weighted by atomic mass is 16.1. The fourth-order valence-corrected chi connectivity index (χ4v) is 1.15. The summed E-state index contributed by atoms with van der Waals surface area (Å²) in [4.78, 5) is 11.5. The molecular weight excluding hydrogens is 166 g/mol. The van der Waals surface area contributed by atoms with Crippen LogP contribution in [0.2, 0.25) is 0 Å². The van der Waals surface area contributed by atoms with Crippen LogP contribution in [0.4, 0.5) is 0 Å². The van der Waals surface area contributed by atoms with E-state index in [4.69, 9.17) is 0 Å². The van der Waals surface area contributed by atoms with Crippen molar-refractivity contribution in [2.75, 3.05) is 6.54 Å². The Bertz CT molecular complexity index is 304. The molecule has 1 aromatic heterocycles. The van der Waals surface area contributed by atoms with Crippen LogP contribution < -0.4 is 5.32 Å². The molecule has 0 saturated carbocycles. The van der Waals surface area contributed by atoms with Crippen LogP contribution in [0.25, 0.3) is 0 Å². The van der Waals surface area contributed by atoms with Gasteiger partial charge in [-0.1, -0.05) is 6.92 Å². The van der Waals surface area contributed by atoms with E-state index in [2.05, 4.69) is 10.4 Å². The van der Waals surface area contributed by atoms with Gasteiger partial charge in [0.15, 0.2) is 5.69 Å². The van der Waals surface area contributed by atoms with E-state index >= 15 is 0 Å². The Morgan fingerprint density at radius 3 is 2.85 bits per heavy atom. The van der Waals surface area contributed by atoms with Crippen LogP contribution >= 0.6 is 0 Å². The third-order valence-corrected chi connectivity index (χ3v) is 1.76. The van der Waals surface area contributed by atoms with Gasteiger partial charge in [0.2, 0.25) is 0 Å². The summed E-state index contributed by atoms with van der Waals surface area (Å²) in [6.07, 6.45) is 2.78. The first-order valence-corrected chi connectivity index (χ1v) is 4.43. The second kappa shape index (κ2) is 4.07. The molecule has 1 rings (SSSR count). The van der Waals surface area contributed by atoms with Crippen molar-refractivity contribution in [1.82, 2.24) is 15.1 Å². The van der Waals surface area contributed by atoms with Gasteiger partial charge in [-0.3, -0.25) is 9.48 Å². The van der Waals surface area contributed by atoms with Gasteiger partial charge >= 0.3 is 0 Å². The van der Waals surface area contributed by atoms with Crippen molar-refractivity contribution in [1.29, 1.82) is 0 Å². The average Bonchev–Trinajstić information content (AvgIpc) is 2.41. The second-order valence-corrected chi connectivity index (χ2v) is 3.09. The lowest BCUT2D eigenvalue weighted by Gasteiger charge is -2.00. The number of carbonyl (C=O) groups is 1. The largest absolute Gasteiger partial charge is 0.351 e. The lowest BCUT2D eigenvalue weighted by atomic mass is 10.2. The molecule has 72 valence electrons. The maximum atomic E-state index is 11.5. The highest BCUT2D eigenvalue weighted by molar-refractivity contribution is 5.93. The van der Waals surface area contributed by atoms with E-state index in [1.54, 1.807) is 4.68 Å². The fourth-order valence-electron chi connectivity index (χ4n) is 1.15. The maximum absolute atomic E-state index is 11.5. The summed E-state index contributed by atoms with van der Waals surface area (Å²) >= 11 is 0. The van der Waals surface area contributed by atoms with Crippen molar-refractivity contribution in [3.05, 3.63) is 17.5 Å². The zero-order valence-corrected chi connectivity index (χ0v) is 8.29. The Hall–Kier alpha value is -1.32. The van der Waals surface area contributed by atoms with Gasteiger partial charge < -0.3 is 5.32 Å². The Labute approximate surface area is 77.9 Å². The van der Waals surface area contributed by atoms with E-state index in [-0.39, 0.29) is 5.91 Å². The molecule has 4 heteroatoms. The monoisotopic (exact) mass is 181 g/mol. The normalized spacial score (nSPS) is 10.1. The Morgan fingerprint density at radius 1 is 1.69 bits per heavy atom. The lowest BCUT2D eigenvalue weighted by Crippen LogP contribution is -2.25. The average molecular weight is 181 g/mol. The molecule has 1 N–H and O–H groups in total. The molecule has 0 saturated heterocycles. The smallest absolute Gasteiger partial charge is 0.272 e. The van der Waals surface area contributed by atoms with Crippen LogP contribution in [0, 0.1) is 6.92 Å². The highest BCUT2D eigenvalue weighted by Crippen LogP contribution is 2.03. The number of hydrogen-bond acceptors (Lipinski definition) is 2. The SMILES string of the molecule is CCCNC(=O)c1nn(C)cc1C. The predicted octanol–water partition coefficient (Wildman–Crippen LogP) is 0.868. The number of hydrogen-bond donors (Lipinski definition) is 1. The number of nitrogens with one attached hydrogen (secondary N) is 1. The fraction of sp³-hybridized carbons (Fsp3) is 0.556. The number of aromatic nitrogens is 2. The van der Waals surface area contributed by atoms with Crippen molar-refractivity contribution >= 4 is 5.91 Å². The molecule has 0 aliphatic heterocycles. The van der Waals surface area contributed by atoms with E-state index in [0.29, 0.717) is 12.2 Å². The molecule has 0 bridgehead atoms. The number of nitrogens with zero attached hydrogens (tertiary/aromatic N) is 2. The number of carbonyl (C=O) groups excluding carboxylic acids is 1. The van der Waals surface area contributed by atoms with Gasteiger partial charge in [-0.25, -0.2) is 0 Å².